The Labute approximate surface area is 116 Å². The molecule has 2 rings (SSSR count). The van der Waals surface area contributed by atoms with E-state index in [9.17, 15) is 4.79 Å². The van der Waals surface area contributed by atoms with Crippen molar-refractivity contribution in [3.8, 4) is 0 Å². The van der Waals surface area contributed by atoms with Crippen LogP contribution in [0.2, 0.25) is 5.02 Å². The number of rotatable bonds is 4. The lowest BCUT2D eigenvalue weighted by atomic mass is 10.3. The van der Waals surface area contributed by atoms with Crippen molar-refractivity contribution in [3.05, 3.63) is 34.9 Å². The number of carbonyl (C=O) groups is 1. The molecule has 2 aromatic rings. The molecule has 102 valence electrons. The highest BCUT2D eigenvalue weighted by Gasteiger charge is 2.19. The summed E-state index contributed by atoms with van der Waals surface area (Å²) < 4.78 is 3.35. The van der Waals surface area contributed by atoms with Crippen molar-refractivity contribution in [2.45, 2.75) is 20.0 Å². The van der Waals surface area contributed by atoms with Crippen LogP contribution in [-0.2, 0) is 20.1 Å². The number of nitrogens with zero attached hydrogens (tertiary/aromatic N) is 5. The molecular formula is C12H16ClN5O. The average Bonchev–Trinajstić information content (AvgIpc) is 2.94. The van der Waals surface area contributed by atoms with E-state index in [2.05, 4.69) is 10.2 Å². The number of carbonyl (C=O) groups excluding carboxylic acids is 1. The number of hydrogen-bond donors (Lipinski definition) is 0. The lowest BCUT2D eigenvalue weighted by molar-refractivity contribution is 0.0778. The van der Waals surface area contributed by atoms with E-state index in [1.54, 1.807) is 31.4 Å². The summed E-state index contributed by atoms with van der Waals surface area (Å²) in [5, 5.41) is 8.61. The molecule has 0 aromatic carbocycles. The summed E-state index contributed by atoms with van der Waals surface area (Å²) in [6.07, 6.45) is 5.29. The Morgan fingerprint density at radius 3 is 2.74 bits per heavy atom. The summed E-state index contributed by atoms with van der Waals surface area (Å²) in [5.41, 5.74) is 1.25. The van der Waals surface area contributed by atoms with Gasteiger partial charge in [0.05, 0.1) is 11.2 Å². The van der Waals surface area contributed by atoms with Crippen molar-refractivity contribution in [2.75, 3.05) is 7.05 Å². The predicted octanol–water partition coefficient (Wildman–Crippen LogP) is 1.56. The van der Waals surface area contributed by atoms with E-state index >= 15 is 0 Å². The molecule has 2 heterocycles. The second-order valence-electron chi connectivity index (χ2n) is 4.36. The maximum Gasteiger partial charge on any atom is 0.275 e. The molecule has 1 amide bonds. The molecule has 0 bridgehead atoms. The van der Waals surface area contributed by atoms with Crippen LogP contribution in [0.4, 0.5) is 0 Å². The summed E-state index contributed by atoms with van der Waals surface area (Å²) in [6.45, 7) is 3.30. The van der Waals surface area contributed by atoms with Gasteiger partial charge in [0, 0.05) is 45.1 Å². The first-order valence-corrected chi connectivity index (χ1v) is 6.35. The van der Waals surface area contributed by atoms with Gasteiger partial charge in [-0.25, -0.2) is 0 Å². The summed E-state index contributed by atoms with van der Waals surface area (Å²) in [7, 11) is 3.45. The van der Waals surface area contributed by atoms with E-state index in [1.807, 2.05) is 17.8 Å². The highest BCUT2D eigenvalue weighted by atomic mass is 35.5. The summed E-state index contributed by atoms with van der Waals surface area (Å²) in [5.74, 6) is -0.199. The summed E-state index contributed by atoms with van der Waals surface area (Å²) >= 11 is 5.97. The summed E-state index contributed by atoms with van der Waals surface area (Å²) in [6, 6.07) is 0. The lowest BCUT2D eigenvalue weighted by Gasteiger charge is -2.14. The fourth-order valence-corrected chi connectivity index (χ4v) is 2.05. The van der Waals surface area contributed by atoms with E-state index in [-0.39, 0.29) is 11.6 Å². The van der Waals surface area contributed by atoms with Gasteiger partial charge in [-0.2, -0.15) is 10.2 Å². The van der Waals surface area contributed by atoms with Crippen molar-refractivity contribution in [1.82, 2.24) is 24.5 Å². The maximum atomic E-state index is 12.2. The molecule has 7 heteroatoms. The first-order chi connectivity index (χ1) is 9.01. The highest BCUT2D eigenvalue weighted by Crippen LogP contribution is 2.16. The zero-order valence-electron chi connectivity index (χ0n) is 11.2. The quantitative estimate of drug-likeness (QED) is 0.855. The van der Waals surface area contributed by atoms with Crippen LogP contribution in [0.1, 0.15) is 23.0 Å². The van der Waals surface area contributed by atoms with E-state index in [4.69, 9.17) is 11.6 Å². The van der Waals surface area contributed by atoms with Gasteiger partial charge in [-0.3, -0.25) is 14.2 Å². The third kappa shape index (κ3) is 2.96. The highest BCUT2D eigenvalue weighted by molar-refractivity contribution is 6.33. The Balaban J connectivity index is 2.09. The van der Waals surface area contributed by atoms with Gasteiger partial charge in [0.15, 0.2) is 5.69 Å². The Bertz CT molecular complexity index is 589. The topological polar surface area (TPSA) is 56.0 Å². The standard InChI is InChI=1S/C12H16ClN5O/c1-4-18-7-9(5-14-18)6-16(2)12(19)11-10(13)8-17(3)15-11/h5,7-8H,4,6H2,1-3H3. The smallest absolute Gasteiger partial charge is 0.275 e. The molecular weight excluding hydrogens is 266 g/mol. The van der Waals surface area contributed by atoms with Gasteiger partial charge >= 0.3 is 0 Å². The van der Waals surface area contributed by atoms with Gasteiger partial charge in [0.1, 0.15) is 0 Å². The predicted molar refractivity (Wildman–Crippen MR) is 71.9 cm³/mol. The zero-order chi connectivity index (χ0) is 14.0. The number of amides is 1. The Morgan fingerprint density at radius 2 is 2.21 bits per heavy atom. The average molecular weight is 282 g/mol. The molecule has 0 fully saturated rings. The van der Waals surface area contributed by atoms with E-state index in [0.717, 1.165) is 12.1 Å². The van der Waals surface area contributed by atoms with Crippen LogP contribution < -0.4 is 0 Å². The normalized spacial score (nSPS) is 10.7. The van der Waals surface area contributed by atoms with Crippen molar-refractivity contribution in [1.29, 1.82) is 0 Å². The van der Waals surface area contributed by atoms with E-state index in [0.29, 0.717) is 11.6 Å². The second kappa shape index (κ2) is 5.44. The molecule has 0 aliphatic carbocycles. The van der Waals surface area contributed by atoms with Crippen molar-refractivity contribution in [3.63, 3.8) is 0 Å². The van der Waals surface area contributed by atoms with Gasteiger partial charge in [-0.05, 0) is 6.92 Å². The molecule has 0 spiro atoms. The third-order valence-corrected chi connectivity index (χ3v) is 3.04. The molecule has 0 aliphatic heterocycles. The van der Waals surface area contributed by atoms with Crippen LogP contribution in [0.15, 0.2) is 18.6 Å². The fourth-order valence-electron chi connectivity index (χ4n) is 1.79. The molecule has 0 unspecified atom stereocenters. The van der Waals surface area contributed by atoms with Gasteiger partial charge < -0.3 is 4.90 Å². The Kier molecular flexibility index (Phi) is 3.90. The van der Waals surface area contributed by atoms with E-state index < -0.39 is 0 Å². The minimum Gasteiger partial charge on any atom is -0.336 e. The lowest BCUT2D eigenvalue weighted by Crippen LogP contribution is -2.26. The SMILES string of the molecule is CCn1cc(CN(C)C(=O)c2nn(C)cc2Cl)cn1. The number of hydrogen-bond acceptors (Lipinski definition) is 3. The largest absolute Gasteiger partial charge is 0.336 e. The first-order valence-electron chi connectivity index (χ1n) is 5.97. The summed E-state index contributed by atoms with van der Waals surface area (Å²) in [4.78, 5) is 13.8. The molecule has 0 aliphatic rings. The van der Waals surface area contributed by atoms with Gasteiger partial charge in [-0.15, -0.1) is 0 Å². The molecule has 19 heavy (non-hydrogen) atoms. The number of halogens is 1. The van der Waals surface area contributed by atoms with Gasteiger partial charge in [0.25, 0.3) is 5.91 Å². The second-order valence-corrected chi connectivity index (χ2v) is 4.77. The number of aryl methyl sites for hydroxylation is 2. The van der Waals surface area contributed by atoms with Gasteiger partial charge in [0.2, 0.25) is 0 Å². The van der Waals surface area contributed by atoms with Crippen LogP contribution >= 0.6 is 11.6 Å². The minimum absolute atomic E-state index is 0.199. The fraction of sp³-hybridized carbons (Fsp3) is 0.417. The molecule has 2 aromatic heterocycles. The van der Waals surface area contributed by atoms with Gasteiger partial charge in [-0.1, -0.05) is 11.6 Å². The molecule has 0 radical (unpaired) electrons. The van der Waals surface area contributed by atoms with Crippen LogP contribution in [-0.4, -0.2) is 37.4 Å². The van der Waals surface area contributed by atoms with E-state index in [1.165, 1.54) is 4.68 Å². The number of aromatic nitrogens is 4. The van der Waals surface area contributed by atoms with Crippen LogP contribution in [0.25, 0.3) is 0 Å². The van der Waals surface area contributed by atoms with Crippen LogP contribution in [0.5, 0.6) is 0 Å². The van der Waals surface area contributed by atoms with Crippen LogP contribution in [0.3, 0.4) is 0 Å². The molecule has 0 saturated carbocycles. The molecule has 6 nitrogen and oxygen atoms in total. The molecule has 0 N–H and O–H groups in total. The first kappa shape index (κ1) is 13.6. The molecule has 0 atom stereocenters. The van der Waals surface area contributed by atoms with Crippen molar-refractivity contribution >= 4 is 17.5 Å². The van der Waals surface area contributed by atoms with Crippen molar-refractivity contribution < 1.29 is 4.79 Å². The minimum atomic E-state index is -0.199. The molecule has 0 saturated heterocycles. The van der Waals surface area contributed by atoms with Crippen molar-refractivity contribution in [2.24, 2.45) is 7.05 Å². The monoisotopic (exact) mass is 281 g/mol. The Hall–Kier alpha value is -1.82. The third-order valence-electron chi connectivity index (χ3n) is 2.76. The maximum absolute atomic E-state index is 12.2. The zero-order valence-corrected chi connectivity index (χ0v) is 11.9. The Morgan fingerprint density at radius 1 is 1.47 bits per heavy atom. The van der Waals surface area contributed by atoms with Crippen LogP contribution in [0, 0.1) is 0 Å².